The van der Waals surface area contributed by atoms with Crippen LogP contribution in [0.4, 0.5) is 4.39 Å². The summed E-state index contributed by atoms with van der Waals surface area (Å²) in [5.74, 6) is -0.652. The maximum absolute atomic E-state index is 15.2. The highest BCUT2D eigenvalue weighted by molar-refractivity contribution is 6.03. The van der Waals surface area contributed by atoms with E-state index in [2.05, 4.69) is 25.3 Å². The highest BCUT2D eigenvalue weighted by Gasteiger charge is 2.16. The van der Waals surface area contributed by atoms with E-state index in [-0.39, 0.29) is 5.91 Å². The Balaban J connectivity index is 1.40. The summed E-state index contributed by atoms with van der Waals surface area (Å²) >= 11 is 0. The number of fused-ring (bicyclic) bond motifs is 2. The molecule has 1 amide bonds. The van der Waals surface area contributed by atoms with Gasteiger partial charge in [-0.15, -0.1) is 0 Å². The molecule has 0 saturated heterocycles. The highest BCUT2D eigenvalue weighted by atomic mass is 19.1. The van der Waals surface area contributed by atoms with Gasteiger partial charge in [-0.3, -0.25) is 14.8 Å². The van der Waals surface area contributed by atoms with Crippen molar-refractivity contribution in [2.24, 2.45) is 0 Å². The molecule has 6 nitrogen and oxygen atoms in total. The number of carbonyl (C=O) groups excluding carboxylic acids is 1. The molecule has 0 spiro atoms. The molecular weight excluding hydrogens is 453 g/mol. The molecular formula is C29H20FN5O. The largest absolute Gasteiger partial charge is 0.348 e. The van der Waals surface area contributed by atoms with Crippen molar-refractivity contribution in [1.29, 1.82) is 0 Å². The first-order valence-electron chi connectivity index (χ1n) is 11.5. The van der Waals surface area contributed by atoms with Crippen molar-refractivity contribution in [2.75, 3.05) is 0 Å². The fraction of sp³-hybridized carbons (Fsp3) is 0.0345. The second-order valence-corrected chi connectivity index (χ2v) is 8.45. The van der Waals surface area contributed by atoms with Gasteiger partial charge >= 0.3 is 0 Å². The van der Waals surface area contributed by atoms with Crippen LogP contribution in [0.3, 0.4) is 0 Å². The summed E-state index contributed by atoms with van der Waals surface area (Å²) in [5.41, 5.74) is 5.46. The molecule has 4 aromatic heterocycles. The number of nitrogens with zero attached hydrogens (tertiary/aromatic N) is 3. The molecule has 0 atom stereocenters. The number of nitrogens with one attached hydrogen (secondary N) is 2. The number of H-pyrrole nitrogens is 1. The molecule has 0 unspecified atom stereocenters. The van der Waals surface area contributed by atoms with Crippen LogP contribution >= 0.6 is 0 Å². The maximum Gasteiger partial charge on any atom is 0.253 e. The zero-order valence-corrected chi connectivity index (χ0v) is 19.1. The normalized spacial score (nSPS) is 11.1. The molecule has 0 aliphatic carbocycles. The van der Waals surface area contributed by atoms with E-state index in [0.717, 1.165) is 27.6 Å². The Hall–Kier alpha value is -4.91. The monoisotopic (exact) mass is 473 g/mol. The first-order valence-corrected chi connectivity index (χ1v) is 11.5. The Kier molecular flexibility index (Phi) is 5.42. The predicted octanol–water partition coefficient (Wildman–Crippen LogP) is 5.91. The summed E-state index contributed by atoms with van der Waals surface area (Å²) in [5, 5.41) is 4.34. The summed E-state index contributed by atoms with van der Waals surface area (Å²) in [7, 11) is 0. The minimum Gasteiger partial charge on any atom is -0.348 e. The van der Waals surface area contributed by atoms with E-state index < -0.39 is 5.82 Å². The van der Waals surface area contributed by atoms with E-state index in [1.807, 2.05) is 54.6 Å². The van der Waals surface area contributed by atoms with Crippen LogP contribution in [0.15, 0.2) is 97.7 Å². The van der Waals surface area contributed by atoms with Crippen molar-refractivity contribution in [3.05, 3.63) is 115 Å². The zero-order chi connectivity index (χ0) is 24.5. The first-order chi connectivity index (χ1) is 17.7. The summed E-state index contributed by atoms with van der Waals surface area (Å²) in [4.78, 5) is 28.8. The van der Waals surface area contributed by atoms with Crippen LogP contribution in [0.5, 0.6) is 0 Å². The molecule has 0 aliphatic rings. The standard InChI is InChI=1S/C29H20FN5O/c30-26-13-20(11-23-22(8-10-32-27(23)26)19-7-4-9-31-15-19)25-17-34-28-24(25)12-21(16-33-28)29(36)35-14-18-5-2-1-3-6-18/h1-13,15-17H,14H2,(H,33,34)(H,35,36). The lowest BCUT2D eigenvalue weighted by Crippen LogP contribution is -2.22. The lowest BCUT2D eigenvalue weighted by Gasteiger charge is -2.10. The molecule has 174 valence electrons. The third kappa shape index (κ3) is 3.96. The quantitative estimate of drug-likeness (QED) is 0.326. The molecule has 2 aromatic carbocycles. The fourth-order valence-corrected chi connectivity index (χ4v) is 4.39. The number of aromatic nitrogens is 4. The van der Waals surface area contributed by atoms with Crippen LogP contribution in [0, 0.1) is 5.82 Å². The summed E-state index contributed by atoms with van der Waals surface area (Å²) in [6.07, 6.45) is 8.36. The van der Waals surface area contributed by atoms with Gasteiger partial charge in [0.25, 0.3) is 5.91 Å². The summed E-state index contributed by atoms with van der Waals surface area (Å²) in [6.45, 7) is 0.414. The van der Waals surface area contributed by atoms with Gasteiger partial charge in [-0.05, 0) is 47.0 Å². The number of carbonyl (C=O) groups is 1. The van der Waals surface area contributed by atoms with E-state index in [4.69, 9.17) is 0 Å². The smallest absolute Gasteiger partial charge is 0.253 e. The fourth-order valence-electron chi connectivity index (χ4n) is 4.39. The van der Waals surface area contributed by atoms with E-state index >= 15 is 4.39 Å². The number of amides is 1. The minimum atomic E-state index is -0.424. The molecule has 0 saturated carbocycles. The second-order valence-electron chi connectivity index (χ2n) is 8.45. The Morgan fingerprint density at radius 3 is 2.58 bits per heavy atom. The van der Waals surface area contributed by atoms with Gasteiger partial charge in [0.15, 0.2) is 0 Å². The van der Waals surface area contributed by atoms with Gasteiger partial charge in [0.1, 0.15) is 17.0 Å². The Morgan fingerprint density at radius 1 is 0.861 bits per heavy atom. The number of pyridine rings is 3. The molecule has 0 radical (unpaired) electrons. The van der Waals surface area contributed by atoms with E-state index in [1.165, 1.54) is 12.3 Å². The molecule has 0 aliphatic heterocycles. The van der Waals surface area contributed by atoms with Gasteiger partial charge in [0.05, 0.1) is 5.56 Å². The minimum absolute atomic E-state index is 0.229. The zero-order valence-electron chi connectivity index (χ0n) is 19.1. The molecule has 7 heteroatoms. The van der Waals surface area contributed by atoms with Gasteiger partial charge in [-0.1, -0.05) is 36.4 Å². The molecule has 36 heavy (non-hydrogen) atoms. The maximum atomic E-state index is 15.2. The van der Waals surface area contributed by atoms with Crippen LogP contribution in [-0.4, -0.2) is 25.8 Å². The Morgan fingerprint density at radius 2 is 1.75 bits per heavy atom. The van der Waals surface area contributed by atoms with Crippen LogP contribution in [0.25, 0.3) is 44.2 Å². The number of hydrogen-bond acceptors (Lipinski definition) is 4. The topological polar surface area (TPSA) is 83.6 Å². The lowest BCUT2D eigenvalue weighted by atomic mass is 9.97. The molecule has 6 aromatic rings. The van der Waals surface area contributed by atoms with Crippen LogP contribution in [0.2, 0.25) is 0 Å². The van der Waals surface area contributed by atoms with Crippen LogP contribution in [-0.2, 0) is 6.54 Å². The van der Waals surface area contributed by atoms with Gasteiger partial charge in [-0.2, -0.15) is 0 Å². The van der Waals surface area contributed by atoms with E-state index in [1.54, 1.807) is 30.9 Å². The summed E-state index contributed by atoms with van der Waals surface area (Å²) in [6, 6.07) is 20.5. The third-order valence-corrected chi connectivity index (χ3v) is 6.17. The molecule has 4 heterocycles. The van der Waals surface area contributed by atoms with Crippen molar-refractivity contribution in [3.63, 3.8) is 0 Å². The summed E-state index contributed by atoms with van der Waals surface area (Å²) < 4.78 is 15.2. The van der Waals surface area contributed by atoms with Crippen molar-refractivity contribution >= 4 is 27.8 Å². The Bertz CT molecular complexity index is 1710. The molecule has 0 fully saturated rings. The number of halogens is 1. The third-order valence-electron chi connectivity index (χ3n) is 6.17. The van der Waals surface area contributed by atoms with Gasteiger partial charge in [0, 0.05) is 59.4 Å². The average Bonchev–Trinajstić information content (AvgIpc) is 3.36. The highest BCUT2D eigenvalue weighted by Crippen LogP contribution is 2.35. The van der Waals surface area contributed by atoms with E-state index in [9.17, 15) is 4.79 Å². The number of rotatable bonds is 5. The average molecular weight is 474 g/mol. The number of hydrogen-bond donors (Lipinski definition) is 2. The van der Waals surface area contributed by atoms with Crippen LogP contribution in [0.1, 0.15) is 15.9 Å². The van der Waals surface area contributed by atoms with Crippen molar-refractivity contribution in [1.82, 2.24) is 25.3 Å². The van der Waals surface area contributed by atoms with Gasteiger partial charge in [-0.25, -0.2) is 9.37 Å². The van der Waals surface area contributed by atoms with Gasteiger partial charge < -0.3 is 10.3 Å². The molecule has 2 N–H and O–H groups in total. The van der Waals surface area contributed by atoms with Crippen molar-refractivity contribution in [2.45, 2.75) is 6.54 Å². The van der Waals surface area contributed by atoms with Crippen LogP contribution < -0.4 is 5.32 Å². The Labute approximate surface area is 205 Å². The molecule has 0 bridgehead atoms. The molecule has 6 rings (SSSR count). The van der Waals surface area contributed by atoms with Gasteiger partial charge in [0.2, 0.25) is 0 Å². The first kappa shape index (κ1) is 21.6. The second kappa shape index (κ2) is 9.03. The predicted molar refractivity (Wildman–Crippen MR) is 138 cm³/mol. The van der Waals surface area contributed by atoms with Crippen molar-refractivity contribution in [3.8, 4) is 22.3 Å². The lowest BCUT2D eigenvalue weighted by molar-refractivity contribution is 0.0950. The number of aromatic amines is 1. The van der Waals surface area contributed by atoms with E-state index in [0.29, 0.717) is 34.2 Å². The SMILES string of the molecule is O=C(NCc1ccccc1)c1cnc2[nH]cc(-c3cc(F)c4nccc(-c5cccnc5)c4c3)c2c1. The van der Waals surface area contributed by atoms with Crippen molar-refractivity contribution < 1.29 is 9.18 Å². The number of benzene rings is 2.